The number of halogens is 1. The van der Waals surface area contributed by atoms with Crippen molar-refractivity contribution in [1.29, 1.82) is 0 Å². The van der Waals surface area contributed by atoms with E-state index in [2.05, 4.69) is 10.5 Å². The van der Waals surface area contributed by atoms with Gasteiger partial charge in [-0.2, -0.15) is 0 Å². The highest BCUT2D eigenvalue weighted by Crippen LogP contribution is 2.21. The third-order valence-electron chi connectivity index (χ3n) is 3.02. The molecular weight excluding hydrogens is 231 g/mol. The van der Waals surface area contributed by atoms with E-state index in [0.717, 1.165) is 22.6 Å². The van der Waals surface area contributed by atoms with Gasteiger partial charge < -0.3 is 9.84 Å². The molecule has 0 amide bonds. The molecule has 0 saturated heterocycles. The molecule has 0 saturated carbocycles. The van der Waals surface area contributed by atoms with Crippen LogP contribution < -0.4 is 5.32 Å². The summed E-state index contributed by atoms with van der Waals surface area (Å²) < 4.78 is 18.2. The van der Waals surface area contributed by atoms with Gasteiger partial charge in [0.1, 0.15) is 11.6 Å². The number of benzene rings is 1. The molecule has 1 atom stereocenters. The summed E-state index contributed by atoms with van der Waals surface area (Å²) in [7, 11) is 0. The molecule has 2 rings (SSSR count). The summed E-state index contributed by atoms with van der Waals surface area (Å²) in [5, 5.41) is 7.27. The smallest absolute Gasteiger partial charge is 0.138 e. The van der Waals surface area contributed by atoms with E-state index >= 15 is 0 Å². The Bertz CT molecular complexity index is 517. The molecule has 4 heteroatoms. The minimum atomic E-state index is -0.209. The number of hydrogen-bond donors (Lipinski definition) is 1. The minimum absolute atomic E-state index is 0.125. The summed E-state index contributed by atoms with van der Waals surface area (Å²) in [5.41, 5.74) is 2.90. The Labute approximate surface area is 106 Å². The maximum absolute atomic E-state index is 13.0. The summed E-state index contributed by atoms with van der Waals surface area (Å²) in [4.78, 5) is 0. The minimum Gasteiger partial charge on any atom is -0.361 e. The molecule has 1 N–H and O–H groups in total. The van der Waals surface area contributed by atoms with Crippen LogP contribution in [-0.4, -0.2) is 5.16 Å². The van der Waals surface area contributed by atoms with Crippen LogP contribution in [0.1, 0.15) is 35.5 Å². The van der Waals surface area contributed by atoms with Crippen molar-refractivity contribution in [3.63, 3.8) is 0 Å². The summed E-state index contributed by atoms with van der Waals surface area (Å²) >= 11 is 0. The van der Waals surface area contributed by atoms with E-state index in [-0.39, 0.29) is 11.9 Å². The van der Waals surface area contributed by atoms with Crippen LogP contribution in [0.25, 0.3) is 0 Å². The topological polar surface area (TPSA) is 38.1 Å². The Balaban J connectivity index is 2.03. The molecule has 0 aliphatic rings. The first kappa shape index (κ1) is 12.8. The largest absolute Gasteiger partial charge is 0.361 e. The lowest BCUT2D eigenvalue weighted by atomic mass is 10.1. The van der Waals surface area contributed by atoms with E-state index in [1.54, 1.807) is 6.07 Å². The van der Waals surface area contributed by atoms with Crippen molar-refractivity contribution >= 4 is 0 Å². The van der Waals surface area contributed by atoms with Crippen LogP contribution in [0.5, 0.6) is 0 Å². The van der Waals surface area contributed by atoms with Crippen molar-refractivity contribution in [2.45, 2.75) is 33.4 Å². The van der Waals surface area contributed by atoms with Crippen LogP contribution in [0.3, 0.4) is 0 Å². The number of aromatic nitrogens is 1. The fourth-order valence-electron chi connectivity index (χ4n) is 2.13. The van der Waals surface area contributed by atoms with Crippen molar-refractivity contribution in [3.8, 4) is 0 Å². The van der Waals surface area contributed by atoms with Gasteiger partial charge in [0.05, 0.1) is 5.69 Å². The molecule has 3 nitrogen and oxygen atoms in total. The zero-order chi connectivity index (χ0) is 13.1. The average molecular weight is 248 g/mol. The number of nitrogens with zero attached hydrogens (tertiary/aromatic N) is 1. The predicted octanol–water partition coefficient (Wildman–Crippen LogP) is 3.28. The molecule has 0 aliphatic heterocycles. The summed E-state index contributed by atoms with van der Waals surface area (Å²) in [5.74, 6) is 0.617. The van der Waals surface area contributed by atoms with E-state index in [0.29, 0.717) is 6.54 Å². The number of rotatable bonds is 4. The Hall–Kier alpha value is -1.68. The molecule has 0 aliphatic carbocycles. The Morgan fingerprint density at radius 3 is 2.78 bits per heavy atom. The van der Waals surface area contributed by atoms with Crippen LogP contribution in [0, 0.1) is 19.7 Å². The second kappa shape index (κ2) is 5.31. The Morgan fingerprint density at radius 2 is 2.17 bits per heavy atom. The van der Waals surface area contributed by atoms with Gasteiger partial charge in [-0.1, -0.05) is 17.3 Å². The van der Waals surface area contributed by atoms with Crippen molar-refractivity contribution in [3.05, 3.63) is 52.7 Å². The molecule has 0 bridgehead atoms. The van der Waals surface area contributed by atoms with E-state index < -0.39 is 0 Å². The van der Waals surface area contributed by atoms with Crippen molar-refractivity contribution in [2.75, 3.05) is 0 Å². The number of aryl methyl sites for hydroxylation is 2. The normalized spacial score (nSPS) is 12.7. The fraction of sp³-hybridized carbons (Fsp3) is 0.357. The van der Waals surface area contributed by atoms with E-state index in [1.165, 1.54) is 12.1 Å². The lowest BCUT2D eigenvalue weighted by Gasteiger charge is -2.13. The highest BCUT2D eigenvalue weighted by atomic mass is 19.1. The molecule has 1 aromatic carbocycles. The molecule has 2 aromatic rings. The quantitative estimate of drug-likeness (QED) is 0.902. The van der Waals surface area contributed by atoms with Gasteiger partial charge in [-0.15, -0.1) is 0 Å². The van der Waals surface area contributed by atoms with Gasteiger partial charge in [-0.05, 0) is 38.5 Å². The molecule has 18 heavy (non-hydrogen) atoms. The van der Waals surface area contributed by atoms with Crippen LogP contribution in [-0.2, 0) is 6.54 Å². The van der Waals surface area contributed by atoms with Crippen LogP contribution in [0.15, 0.2) is 28.8 Å². The van der Waals surface area contributed by atoms with Gasteiger partial charge >= 0.3 is 0 Å². The summed E-state index contributed by atoms with van der Waals surface area (Å²) in [6, 6.07) is 6.72. The lowest BCUT2D eigenvalue weighted by Crippen LogP contribution is -2.19. The number of nitrogens with one attached hydrogen (secondary N) is 1. The molecule has 0 fully saturated rings. The Morgan fingerprint density at radius 1 is 1.39 bits per heavy atom. The third-order valence-corrected chi connectivity index (χ3v) is 3.02. The SMILES string of the molecule is Cc1noc(C)c1C(C)NCc1cccc(F)c1. The maximum atomic E-state index is 13.0. The zero-order valence-electron chi connectivity index (χ0n) is 10.8. The van der Waals surface area contributed by atoms with Gasteiger partial charge in [-0.3, -0.25) is 0 Å². The maximum Gasteiger partial charge on any atom is 0.138 e. The van der Waals surface area contributed by atoms with Gasteiger partial charge in [-0.25, -0.2) is 4.39 Å². The molecule has 1 unspecified atom stereocenters. The van der Waals surface area contributed by atoms with Crippen molar-refractivity contribution in [1.82, 2.24) is 10.5 Å². The first-order valence-electron chi connectivity index (χ1n) is 5.98. The van der Waals surface area contributed by atoms with Gasteiger partial charge in [0.2, 0.25) is 0 Å². The second-order valence-corrected chi connectivity index (χ2v) is 4.47. The van der Waals surface area contributed by atoms with E-state index in [9.17, 15) is 4.39 Å². The number of hydrogen-bond acceptors (Lipinski definition) is 3. The predicted molar refractivity (Wildman–Crippen MR) is 67.6 cm³/mol. The fourth-order valence-corrected chi connectivity index (χ4v) is 2.13. The third kappa shape index (κ3) is 2.76. The van der Waals surface area contributed by atoms with Gasteiger partial charge in [0.15, 0.2) is 0 Å². The van der Waals surface area contributed by atoms with E-state index in [1.807, 2.05) is 26.8 Å². The van der Waals surface area contributed by atoms with Crippen LogP contribution >= 0.6 is 0 Å². The van der Waals surface area contributed by atoms with E-state index in [4.69, 9.17) is 4.52 Å². The first-order chi connectivity index (χ1) is 8.58. The van der Waals surface area contributed by atoms with Gasteiger partial charge in [0, 0.05) is 18.2 Å². The molecule has 1 heterocycles. The second-order valence-electron chi connectivity index (χ2n) is 4.47. The summed E-state index contributed by atoms with van der Waals surface area (Å²) in [6.45, 7) is 6.48. The van der Waals surface area contributed by atoms with Crippen LogP contribution in [0.2, 0.25) is 0 Å². The Kier molecular flexibility index (Phi) is 3.77. The molecular formula is C14H17FN2O. The first-order valence-corrected chi connectivity index (χ1v) is 5.98. The van der Waals surface area contributed by atoms with Crippen molar-refractivity contribution < 1.29 is 8.91 Å². The average Bonchev–Trinajstić information content (AvgIpc) is 2.66. The van der Waals surface area contributed by atoms with Crippen LogP contribution in [0.4, 0.5) is 4.39 Å². The standard InChI is InChI=1S/C14H17FN2O/c1-9(14-10(2)17-18-11(14)3)16-8-12-5-4-6-13(15)7-12/h4-7,9,16H,8H2,1-3H3. The molecule has 0 radical (unpaired) electrons. The lowest BCUT2D eigenvalue weighted by molar-refractivity contribution is 0.390. The zero-order valence-corrected chi connectivity index (χ0v) is 10.8. The highest BCUT2D eigenvalue weighted by molar-refractivity contribution is 5.25. The molecule has 1 aromatic heterocycles. The van der Waals surface area contributed by atoms with Gasteiger partial charge in [0.25, 0.3) is 0 Å². The van der Waals surface area contributed by atoms with Crippen molar-refractivity contribution in [2.24, 2.45) is 0 Å². The highest BCUT2D eigenvalue weighted by Gasteiger charge is 2.15. The monoisotopic (exact) mass is 248 g/mol. The summed E-state index contributed by atoms with van der Waals surface area (Å²) in [6.07, 6.45) is 0. The molecule has 96 valence electrons. The molecule has 0 spiro atoms.